The molecule has 0 fully saturated rings. The molecule has 0 radical (unpaired) electrons. The minimum absolute atomic E-state index is 0.117. The van der Waals surface area contributed by atoms with E-state index in [9.17, 15) is 14.0 Å². The van der Waals surface area contributed by atoms with Crippen molar-refractivity contribution in [3.8, 4) is 11.3 Å². The van der Waals surface area contributed by atoms with Gasteiger partial charge >= 0.3 is 0 Å². The Kier molecular flexibility index (Phi) is 3.78. The van der Waals surface area contributed by atoms with Crippen LogP contribution in [0.25, 0.3) is 22.2 Å². The number of benzene rings is 1. The van der Waals surface area contributed by atoms with Crippen LogP contribution in [-0.4, -0.2) is 27.0 Å². The van der Waals surface area contributed by atoms with Gasteiger partial charge in [0.15, 0.2) is 11.5 Å². The number of hydrogen-bond donors (Lipinski definition) is 3. The van der Waals surface area contributed by atoms with E-state index in [1.807, 2.05) is 0 Å². The molecular formula is C16H12FN5O2. The number of primary amides is 1. The number of amides is 2. The summed E-state index contributed by atoms with van der Waals surface area (Å²) in [6, 6.07) is 8.34. The lowest BCUT2D eigenvalue weighted by Crippen LogP contribution is -2.11. The number of carbonyl (C=O) groups is 2. The first-order valence-electron chi connectivity index (χ1n) is 6.86. The molecule has 0 bridgehead atoms. The van der Waals surface area contributed by atoms with E-state index in [1.54, 1.807) is 30.3 Å². The maximum absolute atomic E-state index is 12.8. The average molecular weight is 325 g/mol. The largest absolute Gasteiger partial charge is 0.364 e. The summed E-state index contributed by atoms with van der Waals surface area (Å²) >= 11 is 0. The lowest BCUT2D eigenvalue weighted by atomic mass is 10.1. The van der Waals surface area contributed by atoms with Crippen LogP contribution in [0.1, 0.15) is 10.5 Å². The molecule has 1 aromatic carbocycles. The van der Waals surface area contributed by atoms with E-state index in [0.717, 1.165) is 0 Å². The highest BCUT2D eigenvalue weighted by Crippen LogP contribution is 2.25. The van der Waals surface area contributed by atoms with Crippen molar-refractivity contribution in [2.24, 2.45) is 5.73 Å². The van der Waals surface area contributed by atoms with Gasteiger partial charge in [0.2, 0.25) is 0 Å². The Balaban J connectivity index is 2.01. The Morgan fingerprint density at radius 2 is 2.08 bits per heavy atom. The highest BCUT2D eigenvalue weighted by molar-refractivity contribution is 6.04. The van der Waals surface area contributed by atoms with Gasteiger partial charge in [-0.05, 0) is 18.2 Å². The van der Waals surface area contributed by atoms with Crippen LogP contribution in [-0.2, 0) is 4.79 Å². The summed E-state index contributed by atoms with van der Waals surface area (Å²) in [4.78, 5) is 27.0. The first-order valence-corrected chi connectivity index (χ1v) is 6.86. The summed E-state index contributed by atoms with van der Waals surface area (Å²) < 4.78 is 12.8. The number of nitrogens with zero attached hydrogens (tertiary/aromatic N) is 2. The Labute approximate surface area is 135 Å². The highest BCUT2D eigenvalue weighted by atomic mass is 19.1. The minimum Gasteiger partial charge on any atom is -0.364 e. The van der Waals surface area contributed by atoms with Crippen molar-refractivity contribution in [1.82, 2.24) is 15.2 Å². The van der Waals surface area contributed by atoms with Crippen LogP contribution in [0.4, 0.5) is 10.1 Å². The standard InChI is InChI=1S/C16H12FN5O2/c1-8(17)16(24)20-10-4-2-3-9(5-10)12-6-11-13(7-19-12)21-22-14(11)15(18)23/h2-7H,1H2,(H2,18,23)(H,20,24)(H,21,22). The van der Waals surface area contributed by atoms with Gasteiger partial charge in [-0.1, -0.05) is 18.7 Å². The first kappa shape index (κ1) is 15.3. The third-order valence-electron chi connectivity index (χ3n) is 3.34. The quantitative estimate of drug-likeness (QED) is 0.638. The molecule has 0 spiro atoms. The fourth-order valence-electron chi connectivity index (χ4n) is 2.22. The van der Waals surface area contributed by atoms with Crippen molar-refractivity contribution in [2.75, 3.05) is 5.32 Å². The number of nitrogens with two attached hydrogens (primary N) is 1. The van der Waals surface area contributed by atoms with E-state index in [2.05, 4.69) is 27.1 Å². The number of halogens is 1. The molecule has 0 aliphatic rings. The van der Waals surface area contributed by atoms with Gasteiger partial charge in [-0.2, -0.15) is 5.10 Å². The molecule has 120 valence electrons. The van der Waals surface area contributed by atoms with Crippen LogP contribution in [0.15, 0.2) is 48.9 Å². The van der Waals surface area contributed by atoms with Crippen molar-refractivity contribution in [3.63, 3.8) is 0 Å². The summed E-state index contributed by atoms with van der Waals surface area (Å²) in [7, 11) is 0. The number of hydrogen-bond acceptors (Lipinski definition) is 4. The summed E-state index contributed by atoms with van der Waals surface area (Å²) in [5.74, 6) is -2.65. The van der Waals surface area contributed by atoms with Crippen LogP contribution < -0.4 is 11.1 Å². The summed E-state index contributed by atoms with van der Waals surface area (Å²) in [6.07, 6.45) is 1.53. The molecule has 0 saturated carbocycles. The van der Waals surface area contributed by atoms with Crippen molar-refractivity contribution >= 4 is 28.4 Å². The maximum atomic E-state index is 12.8. The number of fused-ring (bicyclic) bond motifs is 1. The molecule has 0 aliphatic heterocycles. The second kappa shape index (κ2) is 5.92. The highest BCUT2D eigenvalue weighted by Gasteiger charge is 2.13. The molecule has 0 saturated heterocycles. The van der Waals surface area contributed by atoms with Crippen LogP contribution in [0.5, 0.6) is 0 Å². The number of rotatable bonds is 4. The van der Waals surface area contributed by atoms with E-state index in [1.165, 1.54) is 6.20 Å². The Hall–Kier alpha value is -3.55. The van der Waals surface area contributed by atoms with Gasteiger partial charge in [0.05, 0.1) is 17.4 Å². The van der Waals surface area contributed by atoms with E-state index >= 15 is 0 Å². The number of aromatic amines is 1. The van der Waals surface area contributed by atoms with E-state index < -0.39 is 17.6 Å². The fraction of sp³-hybridized carbons (Fsp3) is 0. The number of carbonyl (C=O) groups excluding carboxylic acids is 2. The van der Waals surface area contributed by atoms with E-state index in [4.69, 9.17) is 5.73 Å². The molecule has 7 nitrogen and oxygen atoms in total. The van der Waals surface area contributed by atoms with Crippen molar-refractivity contribution in [1.29, 1.82) is 0 Å². The molecule has 0 aliphatic carbocycles. The van der Waals surface area contributed by atoms with Gasteiger partial charge in [-0.3, -0.25) is 19.7 Å². The minimum atomic E-state index is -1.08. The van der Waals surface area contributed by atoms with Crippen molar-refractivity contribution in [3.05, 3.63) is 54.6 Å². The monoisotopic (exact) mass is 325 g/mol. The molecule has 8 heteroatoms. The number of H-pyrrole nitrogens is 1. The third-order valence-corrected chi connectivity index (χ3v) is 3.34. The molecular weight excluding hydrogens is 313 g/mol. The molecule has 4 N–H and O–H groups in total. The van der Waals surface area contributed by atoms with E-state index in [-0.39, 0.29) is 5.69 Å². The number of aromatic nitrogens is 3. The summed E-state index contributed by atoms with van der Waals surface area (Å²) in [5.41, 5.74) is 7.57. The second-order valence-corrected chi connectivity index (χ2v) is 4.99. The smallest absolute Gasteiger partial charge is 0.283 e. The molecule has 3 aromatic rings. The normalized spacial score (nSPS) is 10.5. The average Bonchev–Trinajstić information content (AvgIpc) is 2.98. The zero-order valence-electron chi connectivity index (χ0n) is 12.3. The first-order chi connectivity index (χ1) is 11.5. The predicted octanol–water partition coefficient (Wildman–Crippen LogP) is 2.15. The number of nitrogens with one attached hydrogen (secondary N) is 2. The third kappa shape index (κ3) is 2.84. The molecule has 2 aromatic heterocycles. The zero-order valence-corrected chi connectivity index (χ0v) is 12.3. The van der Waals surface area contributed by atoms with Gasteiger partial charge in [-0.15, -0.1) is 0 Å². The van der Waals surface area contributed by atoms with Gasteiger partial charge < -0.3 is 11.1 Å². The van der Waals surface area contributed by atoms with Gasteiger partial charge in [-0.25, -0.2) is 4.39 Å². The van der Waals surface area contributed by atoms with Crippen LogP contribution in [0.3, 0.4) is 0 Å². The van der Waals surface area contributed by atoms with Crippen molar-refractivity contribution in [2.45, 2.75) is 0 Å². The van der Waals surface area contributed by atoms with Gasteiger partial charge in [0, 0.05) is 16.6 Å². The predicted molar refractivity (Wildman–Crippen MR) is 86.7 cm³/mol. The van der Waals surface area contributed by atoms with Gasteiger partial charge in [0.25, 0.3) is 11.8 Å². The fourth-order valence-corrected chi connectivity index (χ4v) is 2.22. The zero-order chi connectivity index (χ0) is 17.3. The summed E-state index contributed by atoms with van der Waals surface area (Å²) in [5, 5.41) is 9.45. The SMILES string of the molecule is C=C(F)C(=O)Nc1cccc(-c2cc3c(C(N)=O)n[nH]c3cn2)c1. The Morgan fingerprint density at radius 3 is 2.79 bits per heavy atom. The Morgan fingerprint density at radius 1 is 1.29 bits per heavy atom. The van der Waals surface area contributed by atoms with Gasteiger partial charge in [0.1, 0.15) is 0 Å². The van der Waals surface area contributed by atoms with Crippen LogP contribution in [0.2, 0.25) is 0 Å². The summed E-state index contributed by atoms with van der Waals surface area (Å²) in [6.45, 7) is 2.94. The van der Waals surface area contributed by atoms with E-state index in [0.29, 0.717) is 27.8 Å². The topological polar surface area (TPSA) is 114 Å². The molecule has 3 rings (SSSR count). The van der Waals surface area contributed by atoms with Crippen LogP contribution >= 0.6 is 0 Å². The molecule has 0 atom stereocenters. The number of pyridine rings is 1. The maximum Gasteiger partial charge on any atom is 0.283 e. The molecule has 2 amide bonds. The lowest BCUT2D eigenvalue weighted by Gasteiger charge is -2.06. The van der Waals surface area contributed by atoms with Crippen molar-refractivity contribution < 1.29 is 14.0 Å². The molecule has 24 heavy (non-hydrogen) atoms. The number of anilines is 1. The Bertz CT molecular complexity index is 980. The molecule has 0 unspecified atom stereocenters. The van der Waals surface area contributed by atoms with Crippen LogP contribution in [0, 0.1) is 0 Å². The lowest BCUT2D eigenvalue weighted by molar-refractivity contribution is -0.114. The molecule has 2 heterocycles. The second-order valence-electron chi connectivity index (χ2n) is 4.99.